The van der Waals surface area contributed by atoms with Crippen molar-refractivity contribution in [2.75, 3.05) is 0 Å². The van der Waals surface area contributed by atoms with Gasteiger partial charge >= 0.3 is 5.97 Å². The fourth-order valence-corrected chi connectivity index (χ4v) is 9.40. The average molecular weight is 515 g/mol. The van der Waals surface area contributed by atoms with Crippen LogP contribution in [-0.4, -0.2) is 44.7 Å². The highest BCUT2D eigenvalue weighted by molar-refractivity contribution is 5.71. The minimum absolute atomic E-state index is 0.294. The van der Waals surface area contributed by atoms with Crippen molar-refractivity contribution in [2.24, 2.45) is 39.4 Å². The monoisotopic (exact) mass is 514 g/mol. The maximum atomic E-state index is 12.7. The molecule has 9 atom stereocenters. The van der Waals surface area contributed by atoms with Crippen LogP contribution in [0.4, 0.5) is 0 Å². The molecule has 0 aromatic carbocycles. The summed E-state index contributed by atoms with van der Waals surface area (Å²) in [6.45, 7) is 19.0. The molecule has 2 aliphatic heterocycles. The van der Waals surface area contributed by atoms with Crippen LogP contribution in [0.25, 0.3) is 0 Å². The Morgan fingerprint density at radius 2 is 1.81 bits per heavy atom. The molecule has 2 heterocycles. The maximum Gasteiger partial charge on any atom is 0.306 e. The van der Waals surface area contributed by atoms with Crippen LogP contribution in [0, 0.1) is 39.4 Å². The summed E-state index contributed by atoms with van der Waals surface area (Å²) >= 11 is 0. The SMILES string of the molecule is C=C(CC[C@@H](C(=O)O)[C@H]1[C@H](O)C[C@@]2(C)C34C=CC5(OO3)C(C)(C)[C@@H](O)CC[C@]5(C)C4=CC[C@]12C)C(C)C. The van der Waals surface area contributed by atoms with Crippen molar-refractivity contribution in [1.29, 1.82) is 0 Å². The fourth-order valence-electron chi connectivity index (χ4n) is 9.40. The number of aliphatic hydroxyl groups excluding tert-OH is 2. The normalized spacial score (nSPS) is 48.2. The van der Waals surface area contributed by atoms with E-state index in [2.05, 4.69) is 59.4 Å². The highest BCUT2D eigenvalue weighted by Crippen LogP contribution is 2.77. The predicted octanol–water partition coefficient (Wildman–Crippen LogP) is 5.60. The third kappa shape index (κ3) is 2.99. The minimum Gasteiger partial charge on any atom is -0.481 e. The average Bonchev–Trinajstić information content (AvgIpc) is 3.03. The van der Waals surface area contributed by atoms with Gasteiger partial charge in [0, 0.05) is 22.2 Å². The summed E-state index contributed by atoms with van der Waals surface area (Å²) in [5.74, 6) is -1.67. The number of hydrogen-bond donors (Lipinski definition) is 3. The molecule has 3 fully saturated rings. The molecule has 6 nitrogen and oxygen atoms in total. The van der Waals surface area contributed by atoms with E-state index in [9.17, 15) is 20.1 Å². The number of carboxylic acids is 1. The first-order valence-corrected chi connectivity index (χ1v) is 14.1. The largest absolute Gasteiger partial charge is 0.481 e. The van der Waals surface area contributed by atoms with Crippen molar-refractivity contribution < 1.29 is 29.9 Å². The molecular formula is C31H46O6. The van der Waals surface area contributed by atoms with Gasteiger partial charge in [0.1, 0.15) is 11.2 Å². The Kier molecular flexibility index (Phi) is 5.88. The van der Waals surface area contributed by atoms with Crippen LogP contribution < -0.4 is 0 Å². The Balaban J connectivity index is 1.60. The molecule has 2 spiro atoms. The van der Waals surface area contributed by atoms with Gasteiger partial charge in [-0.25, -0.2) is 9.78 Å². The van der Waals surface area contributed by atoms with E-state index in [0.717, 1.165) is 12.0 Å². The highest BCUT2D eigenvalue weighted by atomic mass is 17.2. The molecule has 6 heteroatoms. The van der Waals surface area contributed by atoms with E-state index in [1.54, 1.807) is 0 Å². The van der Waals surface area contributed by atoms with Crippen LogP contribution in [0.2, 0.25) is 0 Å². The van der Waals surface area contributed by atoms with E-state index in [0.29, 0.717) is 38.0 Å². The van der Waals surface area contributed by atoms with E-state index >= 15 is 0 Å². The molecule has 37 heavy (non-hydrogen) atoms. The standard InChI is InChI=1S/C31H46O6/c1-18(2)19(3)9-10-20(25(34)35)24-21(32)17-29(8)28(24,7)13-11-22-27(6)14-12-23(33)26(4,5)31(27)16-15-30(22,29)36-37-31/h11,15-16,18,20-21,23-24,32-33H,3,9-10,12-14,17H2,1-2,4-8H3,(H,34,35)/t20-,21-,23+,24+,27-,28-,29-,30?,31?/m1/s1. The molecular weight excluding hydrogens is 468 g/mol. The number of hydrogen-bond acceptors (Lipinski definition) is 5. The molecule has 206 valence electrons. The van der Waals surface area contributed by atoms with Crippen molar-refractivity contribution in [2.45, 2.75) is 110 Å². The number of rotatable bonds is 6. The molecule has 4 aliphatic carbocycles. The van der Waals surface area contributed by atoms with Crippen molar-refractivity contribution >= 4 is 5.97 Å². The second-order valence-corrected chi connectivity index (χ2v) is 14.2. The van der Waals surface area contributed by atoms with Crippen LogP contribution >= 0.6 is 0 Å². The van der Waals surface area contributed by atoms with E-state index in [4.69, 9.17) is 9.78 Å². The molecule has 2 saturated carbocycles. The number of aliphatic hydroxyl groups is 2. The first kappa shape index (κ1) is 27.1. The summed E-state index contributed by atoms with van der Waals surface area (Å²) < 4.78 is 0. The van der Waals surface area contributed by atoms with Crippen LogP contribution in [0.1, 0.15) is 87.0 Å². The van der Waals surface area contributed by atoms with Gasteiger partial charge in [-0.1, -0.05) is 66.7 Å². The van der Waals surface area contributed by atoms with E-state index in [1.165, 1.54) is 5.57 Å². The van der Waals surface area contributed by atoms with Crippen LogP contribution in [0.15, 0.2) is 36.0 Å². The van der Waals surface area contributed by atoms with Crippen molar-refractivity contribution in [3.05, 3.63) is 36.0 Å². The lowest BCUT2D eigenvalue weighted by atomic mass is 9.39. The second kappa shape index (κ2) is 8.03. The van der Waals surface area contributed by atoms with Crippen LogP contribution in [0.3, 0.4) is 0 Å². The van der Waals surface area contributed by atoms with Gasteiger partial charge in [0.15, 0.2) is 0 Å². The minimum atomic E-state index is -0.894. The van der Waals surface area contributed by atoms with Gasteiger partial charge in [0.2, 0.25) is 0 Å². The number of fused-ring (bicyclic) bond motifs is 2. The zero-order valence-electron chi connectivity index (χ0n) is 23.6. The van der Waals surface area contributed by atoms with Crippen LogP contribution in [0.5, 0.6) is 0 Å². The highest BCUT2D eigenvalue weighted by Gasteiger charge is 2.80. The van der Waals surface area contributed by atoms with E-state index in [1.807, 2.05) is 13.8 Å². The Labute approximate surface area is 221 Å². The first-order chi connectivity index (χ1) is 17.0. The smallest absolute Gasteiger partial charge is 0.306 e. The maximum absolute atomic E-state index is 12.7. The molecule has 0 amide bonds. The zero-order valence-corrected chi connectivity index (χ0v) is 23.6. The van der Waals surface area contributed by atoms with Gasteiger partial charge in [-0.3, -0.25) is 4.79 Å². The van der Waals surface area contributed by atoms with E-state index in [-0.39, 0.29) is 5.41 Å². The molecule has 0 aromatic heterocycles. The molecule has 6 rings (SSSR count). The zero-order chi connectivity index (χ0) is 27.4. The van der Waals surface area contributed by atoms with Gasteiger partial charge in [-0.15, -0.1) is 0 Å². The molecule has 2 unspecified atom stereocenters. The molecule has 3 N–H and O–H groups in total. The summed E-state index contributed by atoms with van der Waals surface area (Å²) in [4.78, 5) is 25.6. The summed E-state index contributed by atoms with van der Waals surface area (Å²) in [5.41, 5.74) is -1.52. The summed E-state index contributed by atoms with van der Waals surface area (Å²) in [7, 11) is 0. The fraction of sp³-hybridized carbons (Fsp3) is 0.774. The van der Waals surface area contributed by atoms with E-state index < -0.39 is 57.5 Å². The van der Waals surface area contributed by atoms with Crippen molar-refractivity contribution in [1.82, 2.24) is 0 Å². The second-order valence-electron chi connectivity index (χ2n) is 14.2. The molecule has 1 saturated heterocycles. The Morgan fingerprint density at radius 1 is 1.14 bits per heavy atom. The number of carbonyl (C=O) groups is 1. The van der Waals surface area contributed by atoms with Gasteiger partial charge in [-0.05, 0) is 67.6 Å². The lowest BCUT2D eigenvalue weighted by Crippen LogP contribution is -2.76. The quantitative estimate of drug-likeness (QED) is 0.315. The molecule has 0 radical (unpaired) electrons. The van der Waals surface area contributed by atoms with Crippen LogP contribution in [-0.2, 0) is 14.6 Å². The van der Waals surface area contributed by atoms with Crippen molar-refractivity contribution in [3.63, 3.8) is 0 Å². The summed E-state index contributed by atoms with van der Waals surface area (Å²) in [6, 6.07) is 0. The third-order valence-corrected chi connectivity index (χ3v) is 12.3. The Bertz CT molecular complexity index is 1070. The number of allylic oxidation sites excluding steroid dienone is 2. The summed E-state index contributed by atoms with van der Waals surface area (Å²) in [5, 5.41) is 33.0. The number of carboxylic acid groups (broad SMARTS) is 1. The summed E-state index contributed by atoms with van der Waals surface area (Å²) in [6.07, 6.45) is 8.87. The van der Waals surface area contributed by atoms with Gasteiger partial charge in [0.05, 0.1) is 18.1 Å². The van der Waals surface area contributed by atoms with Gasteiger partial charge < -0.3 is 15.3 Å². The molecule has 0 aromatic rings. The molecule has 6 aliphatic rings. The third-order valence-electron chi connectivity index (χ3n) is 12.3. The Morgan fingerprint density at radius 3 is 2.38 bits per heavy atom. The lowest BCUT2D eigenvalue weighted by molar-refractivity contribution is -0.483. The lowest BCUT2D eigenvalue weighted by Gasteiger charge is -2.72. The van der Waals surface area contributed by atoms with Gasteiger partial charge in [0.25, 0.3) is 0 Å². The van der Waals surface area contributed by atoms with Crippen molar-refractivity contribution in [3.8, 4) is 0 Å². The van der Waals surface area contributed by atoms with Gasteiger partial charge in [-0.2, -0.15) is 0 Å². The predicted molar refractivity (Wildman–Crippen MR) is 141 cm³/mol. The Hall–Kier alpha value is -1.47. The topological polar surface area (TPSA) is 96.2 Å². The molecule has 2 bridgehead atoms. The number of aliphatic carboxylic acids is 1. The first-order valence-electron chi connectivity index (χ1n) is 14.1.